The second-order valence-corrected chi connectivity index (χ2v) is 10.3. The summed E-state index contributed by atoms with van der Waals surface area (Å²) in [6.45, 7) is 0. The first-order chi connectivity index (χ1) is 19.8. The number of aromatic nitrogens is 1. The van der Waals surface area contributed by atoms with E-state index in [0.29, 0.717) is 11.5 Å². The Bertz CT molecular complexity index is 1550. The summed E-state index contributed by atoms with van der Waals surface area (Å²) in [5.41, 5.74) is 1.98. The van der Waals surface area contributed by atoms with Crippen LogP contribution >= 0.6 is 0 Å². The number of anilines is 2. The number of carbonyl (C=O) groups is 1. The largest absolute Gasteiger partial charge is 0.497 e. The molecule has 10 heteroatoms. The number of nitro benzene ring substituents is 1. The Labute approximate surface area is 238 Å². The van der Waals surface area contributed by atoms with E-state index in [2.05, 4.69) is 27.7 Å². The Hall–Kier alpha value is -4.86. The van der Waals surface area contributed by atoms with Gasteiger partial charge < -0.3 is 25.0 Å². The average molecular weight is 556 g/mol. The monoisotopic (exact) mass is 555 g/mol. The number of benzene rings is 3. The van der Waals surface area contributed by atoms with Gasteiger partial charge in [-0.15, -0.1) is 0 Å². The molecular formula is C31H33N5O5. The van der Waals surface area contributed by atoms with E-state index in [1.807, 2.05) is 32.3 Å². The Morgan fingerprint density at radius 3 is 2.32 bits per heavy atom. The first kappa shape index (κ1) is 27.7. The fourth-order valence-electron chi connectivity index (χ4n) is 5.12. The third kappa shape index (κ3) is 6.49. The van der Waals surface area contributed by atoms with Crippen LogP contribution in [-0.2, 0) is 0 Å². The van der Waals surface area contributed by atoms with Crippen molar-refractivity contribution >= 4 is 34.0 Å². The number of rotatable bonds is 9. The maximum Gasteiger partial charge on any atom is 0.270 e. The molecule has 0 spiro atoms. The van der Waals surface area contributed by atoms with Crippen LogP contribution in [0.1, 0.15) is 36.0 Å². The molecule has 0 atom stereocenters. The van der Waals surface area contributed by atoms with Gasteiger partial charge >= 0.3 is 0 Å². The fraction of sp³-hybridized carbons (Fsp3) is 0.290. The third-order valence-electron chi connectivity index (χ3n) is 7.30. The summed E-state index contributed by atoms with van der Waals surface area (Å²) in [5, 5.41) is 19.2. The van der Waals surface area contributed by atoms with Gasteiger partial charge in [-0.1, -0.05) is 18.2 Å². The van der Waals surface area contributed by atoms with Crippen LogP contribution in [0.5, 0.6) is 17.2 Å². The zero-order valence-corrected chi connectivity index (χ0v) is 23.3. The molecular weight excluding hydrogens is 522 g/mol. The van der Waals surface area contributed by atoms with Gasteiger partial charge in [0.1, 0.15) is 23.1 Å². The molecule has 1 aliphatic carbocycles. The molecule has 0 unspecified atom stereocenters. The molecule has 0 bridgehead atoms. The molecule has 10 nitrogen and oxygen atoms in total. The quantitative estimate of drug-likeness (QED) is 0.186. The van der Waals surface area contributed by atoms with Gasteiger partial charge in [-0.05, 0) is 62.1 Å². The molecule has 1 fully saturated rings. The topological polar surface area (TPSA) is 119 Å². The van der Waals surface area contributed by atoms with Crippen molar-refractivity contribution in [2.45, 2.75) is 37.8 Å². The van der Waals surface area contributed by atoms with Gasteiger partial charge in [0, 0.05) is 55.5 Å². The van der Waals surface area contributed by atoms with Gasteiger partial charge in [-0.3, -0.25) is 14.9 Å². The van der Waals surface area contributed by atoms with Gasteiger partial charge in [0.2, 0.25) is 0 Å². The predicted octanol–water partition coefficient (Wildman–Crippen LogP) is 6.16. The van der Waals surface area contributed by atoms with Crippen LogP contribution in [0.25, 0.3) is 10.9 Å². The van der Waals surface area contributed by atoms with Crippen LogP contribution in [-0.4, -0.2) is 49.1 Å². The van der Waals surface area contributed by atoms with Crippen LogP contribution in [0.3, 0.4) is 0 Å². The molecule has 1 aromatic heterocycles. The summed E-state index contributed by atoms with van der Waals surface area (Å²) in [7, 11) is 5.61. The van der Waals surface area contributed by atoms with Gasteiger partial charge in [-0.25, -0.2) is 4.98 Å². The van der Waals surface area contributed by atoms with E-state index in [-0.39, 0.29) is 29.1 Å². The highest BCUT2D eigenvalue weighted by atomic mass is 16.6. The van der Waals surface area contributed by atoms with E-state index in [4.69, 9.17) is 14.5 Å². The highest BCUT2D eigenvalue weighted by molar-refractivity contribution is 5.98. The zero-order chi connectivity index (χ0) is 28.9. The van der Waals surface area contributed by atoms with Crippen molar-refractivity contribution in [3.8, 4) is 17.2 Å². The maximum atomic E-state index is 13.3. The number of nitro groups is 1. The number of carbonyl (C=O) groups excluding carboxylic acids is 1. The summed E-state index contributed by atoms with van der Waals surface area (Å²) in [4.78, 5) is 31.1. The van der Waals surface area contributed by atoms with E-state index in [0.717, 1.165) is 48.1 Å². The minimum Gasteiger partial charge on any atom is -0.497 e. The number of nitrogens with zero attached hydrogens (tertiary/aromatic N) is 3. The molecule has 0 radical (unpaired) electrons. The lowest BCUT2D eigenvalue weighted by Crippen LogP contribution is -2.40. The van der Waals surface area contributed by atoms with Gasteiger partial charge in [-0.2, -0.15) is 0 Å². The lowest BCUT2D eigenvalue weighted by Gasteiger charge is -2.30. The number of ether oxygens (including phenoxy) is 2. The van der Waals surface area contributed by atoms with E-state index in [1.54, 1.807) is 31.4 Å². The van der Waals surface area contributed by atoms with Crippen molar-refractivity contribution in [2.75, 3.05) is 31.4 Å². The first-order valence-electron chi connectivity index (χ1n) is 13.6. The molecule has 0 saturated heterocycles. The molecule has 1 amide bonds. The van der Waals surface area contributed by atoms with Crippen molar-refractivity contribution in [3.63, 3.8) is 0 Å². The molecule has 1 aliphatic rings. The molecule has 41 heavy (non-hydrogen) atoms. The predicted molar refractivity (Wildman–Crippen MR) is 159 cm³/mol. The summed E-state index contributed by atoms with van der Waals surface area (Å²) in [6.07, 6.45) is 3.23. The van der Waals surface area contributed by atoms with E-state index in [9.17, 15) is 14.9 Å². The lowest BCUT2D eigenvalue weighted by atomic mass is 9.91. The minimum absolute atomic E-state index is 0.0597. The van der Waals surface area contributed by atoms with Crippen LogP contribution in [0, 0.1) is 10.1 Å². The standard InChI is InChI=1S/C31H33N5O5/c1-35(2)28-19-30(34-27-7-5-4-6-25(27)28)32-20-8-10-21(11-9-20)33-31(37)26-18-22(36(38)39)12-17-29(26)41-24-15-13-23(40-3)14-16-24/h4-7,12-21H,8-11H2,1-3H3,(H,32,34)(H,33,37). The first-order valence-corrected chi connectivity index (χ1v) is 13.6. The highest BCUT2D eigenvalue weighted by Gasteiger charge is 2.26. The van der Waals surface area contributed by atoms with Crippen molar-refractivity contribution in [1.29, 1.82) is 0 Å². The normalized spacial score (nSPS) is 16.6. The Kier molecular flexibility index (Phi) is 8.19. The van der Waals surface area contributed by atoms with Crippen molar-refractivity contribution in [2.24, 2.45) is 0 Å². The summed E-state index contributed by atoms with van der Waals surface area (Å²) in [6, 6.07) is 21.3. The van der Waals surface area contributed by atoms with E-state index in [1.165, 1.54) is 18.2 Å². The number of pyridine rings is 1. The average Bonchev–Trinajstić information content (AvgIpc) is 2.98. The van der Waals surface area contributed by atoms with Crippen LogP contribution in [0.2, 0.25) is 0 Å². The van der Waals surface area contributed by atoms with Gasteiger partial charge in [0.15, 0.2) is 0 Å². The Morgan fingerprint density at radius 2 is 1.63 bits per heavy atom. The van der Waals surface area contributed by atoms with Crippen LogP contribution in [0.15, 0.2) is 72.8 Å². The zero-order valence-electron chi connectivity index (χ0n) is 23.3. The molecule has 3 aromatic carbocycles. The second kappa shape index (κ2) is 12.1. The van der Waals surface area contributed by atoms with Crippen molar-refractivity contribution < 1.29 is 19.2 Å². The summed E-state index contributed by atoms with van der Waals surface area (Å²) >= 11 is 0. The number of para-hydroxylation sites is 1. The van der Waals surface area contributed by atoms with Gasteiger partial charge in [0.25, 0.3) is 11.6 Å². The van der Waals surface area contributed by atoms with E-state index >= 15 is 0 Å². The summed E-state index contributed by atoms with van der Waals surface area (Å²) < 4.78 is 11.1. The molecule has 4 aromatic rings. The number of hydrogen-bond acceptors (Lipinski definition) is 8. The molecule has 212 valence electrons. The molecule has 5 rings (SSSR count). The molecule has 0 aliphatic heterocycles. The minimum atomic E-state index is -0.520. The Balaban J connectivity index is 1.25. The SMILES string of the molecule is COc1ccc(Oc2ccc([N+](=O)[O-])cc2C(=O)NC2CCC(Nc3cc(N(C)C)c4ccccc4n3)CC2)cc1. The van der Waals surface area contributed by atoms with Crippen molar-refractivity contribution in [3.05, 3.63) is 88.5 Å². The third-order valence-corrected chi connectivity index (χ3v) is 7.30. The van der Waals surface area contributed by atoms with Crippen LogP contribution < -0.4 is 25.0 Å². The van der Waals surface area contributed by atoms with Crippen molar-refractivity contribution in [1.82, 2.24) is 10.3 Å². The molecule has 1 saturated carbocycles. The fourth-order valence-corrected chi connectivity index (χ4v) is 5.12. The number of nitrogens with one attached hydrogen (secondary N) is 2. The number of fused-ring (bicyclic) bond motifs is 1. The lowest BCUT2D eigenvalue weighted by molar-refractivity contribution is -0.384. The van der Waals surface area contributed by atoms with Crippen LogP contribution in [0.4, 0.5) is 17.2 Å². The number of methoxy groups -OCH3 is 1. The molecule has 2 N–H and O–H groups in total. The number of amides is 1. The maximum absolute atomic E-state index is 13.3. The molecule has 1 heterocycles. The number of non-ortho nitro benzene ring substituents is 1. The van der Waals surface area contributed by atoms with E-state index < -0.39 is 10.8 Å². The second-order valence-electron chi connectivity index (χ2n) is 10.3. The summed E-state index contributed by atoms with van der Waals surface area (Å²) in [5.74, 6) is 1.82. The Morgan fingerprint density at radius 1 is 0.951 bits per heavy atom. The van der Waals surface area contributed by atoms with Gasteiger partial charge in [0.05, 0.1) is 23.1 Å². The highest BCUT2D eigenvalue weighted by Crippen LogP contribution is 2.32. The number of hydrogen-bond donors (Lipinski definition) is 2. The smallest absolute Gasteiger partial charge is 0.270 e.